The van der Waals surface area contributed by atoms with E-state index in [1.54, 1.807) is 6.92 Å². The van der Waals surface area contributed by atoms with Crippen molar-refractivity contribution in [2.24, 2.45) is 11.3 Å². The van der Waals surface area contributed by atoms with Crippen LogP contribution in [0.3, 0.4) is 0 Å². The standard InChI is InChI=1S/C17H26N6O2/c1-13-18-19-20-23(13)11-15(24)22-9-7-17(12-22)6-3-8-21(16(17)25)10-14-4-2-5-14/h14H,2-12H2,1H3/t17-/m0/s1. The maximum absolute atomic E-state index is 13.1. The van der Waals surface area contributed by atoms with Gasteiger partial charge in [0, 0.05) is 26.2 Å². The second-order valence-electron chi connectivity index (χ2n) is 7.88. The van der Waals surface area contributed by atoms with E-state index in [4.69, 9.17) is 0 Å². The van der Waals surface area contributed by atoms with Crippen molar-refractivity contribution in [3.8, 4) is 0 Å². The zero-order chi connectivity index (χ0) is 17.4. The van der Waals surface area contributed by atoms with Crippen LogP contribution in [0.25, 0.3) is 0 Å². The lowest BCUT2D eigenvalue weighted by atomic mass is 9.77. The average molecular weight is 346 g/mol. The molecule has 1 atom stereocenters. The van der Waals surface area contributed by atoms with Gasteiger partial charge in [-0.05, 0) is 55.4 Å². The lowest BCUT2D eigenvalue weighted by Gasteiger charge is -2.42. The summed E-state index contributed by atoms with van der Waals surface area (Å²) in [6.45, 7) is 4.93. The Balaban J connectivity index is 1.40. The first-order valence-electron chi connectivity index (χ1n) is 9.37. The Labute approximate surface area is 147 Å². The molecule has 2 amide bonds. The molecule has 8 nitrogen and oxygen atoms in total. The van der Waals surface area contributed by atoms with Gasteiger partial charge in [0.2, 0.25) is 11.8 Å². The van der Waals surface area contributed by atoms with Crippen molar-refractivity contribution in [1.29, 1.82) is 0 Å². The van der Waals surface area contributed by atoms with Gasteiger partial charge >= 0.3 is 0 Å². The predicted molar refractivity (Wildman–Crippen MR) is 89.3 cm³/mol. The molecular weight excluding hydrogens is 320 g/mol. The number of rotatable bonds is 4. The maximum atomic E-state index is 13.1. The quantitative estimate of drug-likeness (QED) is 0.798. The van der Waals surface area contributed by atoms with Crippen molar-refractivity contribution in [3.05, 3.63) is 5.82 Å². The van der Waals surface area contributed by atoms with Gasteiger partial charge < -0.3 is 9.80 Å². The van der Waals surface area contributed by atoms with E-state index in [0.29, 0.717) is 24.8 Å². The van der Waals surface area contributed by atoms with Crippen LogP contribution < -0.4 is 0 Å². The van der Waals surface area contributed by atoms with Crippen molar-refractivity contribution in [3.63, 3.8) is 0 Å². The highest BCUT2D eigenvalue weighted by atomic mass is 16.2. The van der Waals surface area contributed by atoms with Crippen molar-refractivity contribution >= 4 is 11.8 Å². The van der Waals surface area contributed by atoms with Crippen LogP contribution in [0, 0.1) is 18.3 Å². The number of likely N-dealkylation sites (tertiary alicyclic amines) is 2. The summed E-state index contributed by atoms with van der Waals surface area (Å²) in [4.78, 5) is 29.6. The van der Waals surface area contributed by atoms with Crippen molar-refractivity contribution in [2.75, 3.05) is 26.2 Å². The average Bonchev–Trinajstić information content (AvgIpc) is 3.15. The zero-order valence-electron chi connectivity index (χ0n) is 14.9. The third-order valence-corrected chi connectivity index (χ3v) is 6.23. The first kappa shape index (κ1) is 16.5. The normalized spacial score (nSPS) is 27.2. The van der Waals surface area contributed by atoms with E-state index in [2.05, 4.69) is 20.4 Å². The van der Waals surface area contributed by atoms with Crippen molar-refractivity contribution in [2.45, 2.75) is 52.0 Å². The molecule has 1 aromatic heterocycles. The molecule has 1 aromatic rings. The second kappa shape index (κ2) is 6.38. The Morgan fingerprint density at radius 3 is 2.76 bits per heavy atom. The van der Waals surface area contributed by atoms with Gasteiger partial charge in [-0.3, -0.25) is 9.59 Å². The highest BCUT2D eigenvalue weighted by Gasteiger charge is 2.49. The molecule has 0 bridgehead atoms. The van der Waals surface area contributed by atoms with E-state index in [0.717, 1.165) is 32.4 Å². The Morgan fingerprint density at radius 1 is 1.24 bits per heavy atom. The van der Waals surface area contributed by atoms with E-state index in [1.165, 1.54) is 23.9 Å². The number of tetrazole rings is 1. The molecule has 1 spiro atoms. The highest BCUT2D eigenvalue weighted by molar-refractivity contribution is 5.86. The Kier molecular flexibility index (Phi) is 4.21. The summed E-state index contributed by atoms with van der Waals surface area (Å²) < 4.78 is 1.51. The largest absolute Gasteiger partial charge is 0.342 e. The van der Waals surface area contributed by atoms with Crippen LogP contribution in [-0.2, 0) is 16.1 Å². The molecule has 1 saturated carbocycles. The molecular formula is C17H26N6O2. The van der Waals surface area contributed by atoms with Gasteiger partial charge in [-0.15, -0.1) is 5.10 Å². The summed E-state index contributed by atoms with van der Waals surface area (Å²) in [5.41, 5.74) is -0.354. The van der Waals surface area contributed by atoms with Gasteiger partial charge in [-0.2, -0.15) is 0 Å². The van der Waals surface area contributed by atoms with Gasteiger partial charge in [0.15, 0.2) is 0 Å². The summed E-state index contributed by atoms with van der Waals surface area (Å²) in [6.07, 6.45) is 6.55. The third kappa shape index (κ3) is 3.02. The number of nitrogens with zero attached hydrogens (tertiary/aromatic N) is 6. The van der Waals surface area contributed by atoms with Crippen LogP contribution in [0.15, 0.2) is 0 Å². The first-order valence-corrected chi connectivity index (χ1v) is 9.37. The van der Waals surface area contributed by atoms with E-state index >= 15 is 0 Å². The van der Waals surface area contributed by atoms with E-state index in [9.17, 15) is 9.59 Å². The fourth-order valence-electron chi connectivity index (χ4n) is 4.40. The molecule has 8 heteroatoms. The molecule has 136 valence electrons. The van der Waals surface area contributed by atoms with Gasteiger partial charge in [0.1, 0.15) is 12.4 Å². The number of hydrogen-bond acceptors (Lipinski definition) is 5. The van der Waals surface area contributed by atoms with Crippen LogP contribution in [0.5, 0.6) is 0 Å². The monoisotopic (exact) mass is 346 g/mol. The zero-order valence-corrected chi connectivity index (χ0v) is 14.9. The molecule has 4 rings (SSSR count). The van der Waals surface area contributed by atoms with Crippen LogP contribution in [0.4, 0.5) is 0 Å². The van der Waals surface area contributed by atoms with E-state index in [-0.39, 0.29) is 23.8 Å². The van der Waals surface area contributed by atoms with Gasteiger partial charge in [0.05, 0.1) is 5.41 Å². The van der Waals surface area contributed by atoms with Gasteiger partial charge in [0.25, 0.3) is 0 Å². The fourth-order valence-corrected chi connectivity index (χ4v) is 4.40. The first-order chi connectivity index (χ1) is 12.1. The molecule has 3 fully saturated rings. The number of carbonyl (C=O) groups excluding carboxylic acids is 2. The predicted octanol–water partition coefficient (Wildman–Crippen LogP) is 0.623. The lowest BCUT2D eigenvalue weighted by Crippen LogP contribution is -2.52. The van der Waals surface area contributed by atoms with Gasteiger partial charge in [-0.25, -0.2) is 4.68 Å². The molecule has 0 N–H and O–H groups in total. The number of amides is 2. The Hall–Kier alpha value is -1.99. The minimum atomic E-state index is -0.354. The summed E-state index contributed by atoms with van der Waals surface area (Å²) >= 11 is 0. The van der Waals surface area contributed by atoms with Crippen LogP contribution in [0.2, 0.25) is 0 Å². The molecule has 0 unspecified atom stereocenters. The van der Waals surface area contributed by atoms with E-state index in [1.807, 2.05) is 4.90 Å². The van der Waals surface area contributed by atoms with Crippen LogP contribution >= 0.6 is 0 Å². The van der Waals surface area contributed by atoms with Crippen molar-refractivity contribution in [1.82, 2.24) is 30.0 Å². The third-order valence-electron chi connectivity index (χ3n) is 6.23. The SMILES string of the molecule is Cc1nnnn1CC(=O)N1CC[C@@]2(CCCN(CC3CCC3)C2=O)C1. The van der Waals surface area contributed by atoms with E-state index < -0.39 is 0 Å². The molecule has 2 saturated heterocycles. The minimum absolute atomic E-state index is 0.00353. The molecule has 3 aliphatic rings. The smallest absolute Gasteiger partial charge is 0.244 e. The molecule has 3 heterocycles. The lowest BCUT2D eigenvalue weighted by molar-refractivity contribution is -0.147. The molecule has 0 radical (unpaired) electrons. The molecule has 25 heavy (non-hydrogen) atoms. The van der Waals surface area contributed by atoms with Gasteiger partial charge in [-0.1, -0.05) is 6.42 Å². The molecule has 0 aromatic carbocycles. The number of aryl methyl sites for hydroxylation is 1. The Bertz CT molecular complexity index is 670. The summed E-state index contributed by atoms with van der Waals surface area (Å²) in [7, 11) is 0. The highest BCUT2D eigenvalue weighted by Crippen LogP contribution is 2.41. The topological polar surface area (TPSA) is 84.2 Å². The summed E-state index contributed by atoms with van der Waals surface area (Å²) in [5.74, 6) is 1.60. The number of carbonyl (C=O) groups is 2. The molecule has 1 aliphatic carbocycles. The summed E-state index contributed by atoms with van der Waals surface area (Å²) in [5, 5.41) is 11.2. The number of aromatic nitrogens is 4. The minimum Gasteiger partial charge on any atom is -0.342 e. The number of hydrogen-bond donors (Lipinski definition) is 0. The van der Waals surface area contributed by atoms with Crippen LogP contribution in [0.1, 0.15) is 44.3 Å². The fraction of sp³-hybridized carbons (Fsp3) is 0.824. The van der Waals surface area contributed by atoms with Crippen LogP contribution in [-0.4, -0.2) is 68.0 Å². The maximum Gasteiger partial charge on any atom is 0.244 e. The number of piperidine rings is 1. The Morgan fingerprint density at radius 2 is 2.08 bits per heavy atom. The van der Waals surface area contributed by atoms with Crippen molar-refractivity contribution < 1.29 is 9.59 Å². The summed E-state index contributed by atoms with van der Waals surface area (Å²) in [6, 6.07) is 0. The second-order valence-corrected chi connectivity index (χ2v) is 7.88. The molecule has 2 aliphatic heterocycles.